The predicted molar refractivity (Wildman–Crippen MR) is 58.7 cm³/mol. The van der Waals surface area contributed by atoms with E-state index in [0.29, 0.717) is 6.54 Å². The summed E-state index contributed by atoms with van der Waals surface area (Å²) in [6.45, 7) is 0.433. The molecule has 0 bridgehead atoms. The largest absolute Gasteiger partial charge is 0.399 e. The molecule has 1 aromatic carbocycles. The molecule has 0 spiro atoms. The molecule has 0 amide bonds. The number of nitrogens with two attached hydrogens (primary N) is 3. The van der Waals surface area contributed by atoms with E-state index in [4.69, 9.17) is 17.2 Å². The van der Waals surface area contributed by atoms with Gasteiger partial charge in [0.05, 0.1) is 6.04 Å². The van der Waals surface area contributed by atoms with Crippen molar-refractivity contribution in [3.8, 4) is 0 Å². The standard InChI is InChI=1S/C10H14N4/c11-5-8(13)10-4-6-3-7(12)1-2-9(6)14-10/h1-4,8,14H,5,11-13H2/t8-/m0/s1. The van der Waals surface area contributed by atoms with Crippen molar-refractivity contribution in [3.63, 3.8) is 0 Å². The molecule has 74 valence electrons. The molecule has 0 aliphatic rings. The number of aromatic amines is 1. The number of fused-ring (bicyclic) bond motifs is 1. The molecule has 7 N–H and O–H groups in total. The third-order valence-electron chi connectivity index (χ3n) is 2.32. The van der Waals surface area contributed by atoms with Gasteiger partial charge in [0.1, 0.15) is 0 Å². The highest BCUT2D eigenvalue weighted by Crippen LogP contribution is 2.20. The van der Waals surface area contributed by atoms with Gasteiger partial charge in [0.15, 0.2) is 0 Å². The predicted octanol–water partition coefficient (Wildman–Crippen LogP) is 0.709. The molecule has 0 radical (unpaired) electrons. The first-order valence-electron chi connectivity index (χ1n) is 4.54. The van der Waals surface area contributed by atoms with Crippen molar-refractivity contribution < 1.29 is 0 Å². The van der Waals surface area contributed by atoms with Crippen LogP contribution in [0.25, 0.3) is 10.9 Å². The maximum atomic E-state index is 5.81. The van der Waals surface area contributed by atoms with E-state index in [1.165, 1.54) is 0 Å². The highest BCUT2D eigenvalue weighted by atomic mass is 14.8. The van der Waals surface area contributed by atoms with Crippen LogP contribution < -0.4 is 17.2 Å². The molecule has 0 aliphatic carbocycles. The number of nitrogens with one attached hydrogen (secondary N) is 1. The minimum absolute atomic E-state index is 0.136. The van der Waals surface area contributed by atoms with E-state index in [9.17, 15) is 0 Å². The highest BCUT2D eigenvalue weighted by molar-refractivity contribution is 5.83. The van der Waals surface area contributed by atoms with Crippen LogP contribution in [0.1, 0.15) is 11.7 Å². The normalized spacial score (nSPS) is 13.3. The fourth-order valence-electron chi connectivity index (χ4n) is 1.50. The topological polar surface area (TPSA) is 93.8 Å². The molecule has 14 heavy (non-hydrogen) atoms. The number of hydrogen-bond donors (Lipinski definition) is 4. The molecule has 0 aliphatic heterocycles. The summed E-state index contributed by atoms with van der Waals surface area (Å²) >= 11 is 0. The number of anilines is 1. The van der Waals surface area contributed by atoms with Crippen molar-refractivity contribution in [1.29, 1.82) is 0 Å². The molecular formula is C10H14N4. The van der Waals surface area contributed by atoms with Crippen molar-refractivity contribution in [1.82, 2.24) is 4.98 Å². The molecule has 2 rings (SSSR count). The Kier molecular flexibility index (Phi) is 2.15. The lowest BCUT2D eigenvalue weighted by Gasteiger charge is -2.03. The summed E-state index contributed by atoms with van der Waals surface area (Å²) < 4.78 is 0. The fraction of sp³-hybridized carbons (Fsp3) is 0.200. The zero-order valence-corrected chi connectivity index (χ0v) is 7.83. The van der Waals surface area contributed by atoms with Crippen molar-refractivity contribution >= 4 is 16.6 Å². The van der Waals surface area contributed by atoms with Gasteiger partial charge >= 0.3 is 0 Å². The Labute approximate surface area is 82.1 Å². The molecule has 0 fully saturated rings. The van der Waals surface area contributed by atoms with E-state index in [2.05, 4.69) is 4.98 Å². The maximum absolute atomic E-state index is 5.81. The summed E-state index contributed by atoms with van der Waals surface area (Å²) in [6, 6.07) is 7.57. The minimum Gasteiger partial charge on any atom is -0.399 e. The number of rotatable bonds is 2. The molecule has 1 atom stereocenters. The van der Waals surface area contributed by atoms with Crippen LogP contribution in [-0.4, -0.2) is 11.5 Å². The zero-order chi connectivity index (χ0) is 10.1. The van der Waals surface area contributed by atoms with E-state index in [0.717, 1.165) is 22.3 Å². The quantitative estimate of drug-likeness (QED) is 0.525. The van der Waals surface area contributed by atoms with E-state index < -0.39 is 0 Å². The first-order chi connectivity index (χ1) is 6.70. The van der Waals surface area contributed by atoms with Gasteiger partial charge in [0.2, 0.25) is 0 Å². The first-order valence-corrected chi connectivity index (χ1v) is 4.54. The maximum Gasteiger partial charge on any atom is 0.0572 e. The molecule has 4 nitrogen and oxygen atoms in total. The molecule has 0 unspecified atom stereocenters. The lowest BCUT2D eigenvalue weighted by Crippen LogP contribution is -2.20. The zero-order valence-electron chi connectivity index (χ0n) is 7.83. The van der Waals surface area contributed by atoms with E-state index in [1.54, 1.807) is 0 Å². The van der Waals surface area contributed by atoms with Crippen LogP contribution in [0.2, 0.25) is 0 Å². The van der Waals surface area contributed by atoms with Crippen LogP contribution in [0.3, 0.4) is 0 Å². The Morgan fingerprint density at radius 2 is 2.07 bits per heavy atom. The summed E-state index contributed by atoms with van der Waals surface area (Å²) in [4.78, 5) is 3.21. The van der Waals surface area contributed by atoms with Crippen molar-refractivity contribution in [2.45, 2.75) is 6.04 Å². The third-order valence-corrected chi connectivity index (χ3v) is 2.32. The lowest BCUT2D eigenvalue weighted by molar-refractivity contribution is 0.718. The second-order valence-corrected chi connectivity index (χ2v) is 3.41. The van der Waals surface area contributed by atoms with Crippen LogP contribution in [0.15, 0.2) is 24.3 Å². The van der Waals surface area contributed by atoms with Gasteiger partial charge in [-0.1, -0.05) is 0 Å². The van der Waals surface area contributed by atoms with E-state index in [1.807, 2.05) is 24.3 Å². The Hall–Kier alpha value is -1.52. The van der Waals surface area contributed by atoms with Crippen LogP contribution >= 0.6 is 0 Å². The molecular weight excluding hydrogens is 176 g/mol. The molecule has 4 heteroatoms. The second-order valence-electron chi connectivity index (χ2n) is 3.41. The van der Waals surface area contributed by atoms with Gasteiger partial charge in [0.25, 0.3) is 0 Å². The third kappa shape index (κ3) is 1.45. The average Bonchev–Trinajstić information content (AvgIpc) is 2.59. The van der Waals surface area contributed by atoms with Crippen LogP contribution in [0, 0.1) is 0 Å². The average molecular weight is 190 g/mol. The summed E-state index contributed by atoms with van der Waals surface area (Å²) in [6.07, 6.45) is 0. The van der Waals surface area contributed by atoms with E-state index >= 15 is 0 Å². The SMILES string of the molecule is NC[C@H](N)c1cc2cc(N)ccc2[nH]1. The monoisotopic (exact) mass is 190 g/mol. The number of aromatic nitrogens is 1. The van der Waals surface area contributed by atoms with Gasteiger partial charge in [-0.15, -0.1) is 0 Å². The second kappa shape index (κ2) is 3.32. The van der Waals surface area contributed by atoms with Gasteiger partial charge in [0, 0.05) is 28.8 Å². The van der Waals surface area contributed by atoms with Gasteiger partial charge in [-0.3, -0.25) is 0 Å². The van der Waals surface area contributed by atoms with Crippen LogP contribution in [0.4, 0.5) is 5.69 Å². The number of hydrogen-bond acceptors (Lipinski definition) is 3. The van der Waals surface area contributed by atoms with Crippen molar-refractivity contribution in [2.75, 3.05) is 12.3 Å². The van der Waals surface area contributed by atoms with Gasteiger partial charge in [-0.25, -0.2) is 0 Å². The van der Waals surface area contributed by atoms with Crippen LogP contribution in [0.5, 0.6) is 0 Å². The Balaban J connectivity index is 2.51. The van der Waals surface area contributed by atoms with Crippen LogP contribution in [-0.2, 0) is 0 Å². The molecule has 1 heterocycles. The Bertz CT molecular complexity index is 446. The smallest absolute Gasteiger partial charge is 0.0572 e. The number of benzene rings is 1. The summed E-state index contributed by atoms with van der Waals surface area (Å²) in [7, 11) is 0. The van der Waals surface area contributed by atoms with Gasteiger partial charge < -0.3 is 22.2 Å². The Morgan fingerprint density at radius 3 is 2.79 bits per heavy atom. The molecule has 2 aromatic rings. The summed E-state index contributed by atoms with van der Waals surface area (Å²) in [5.74, 6) is 0. The first kappa shape index (κ1) is 9.05. The molecule has 0 saturated carbocycles. The lowest BCUT2D eigenvalue weighted by atomic mass is 10.2. The Morgan fingerprint density at radius 1 is 1.29 bits per heavy atom. The summed E-state index contributed by atoms with van der Waals surface area (Å²) in [5.41, 5.74) is 19.7. The minimum atomic E-state index is -0.136. The highest BCUT2D eigenvalue weighted by Gasteiger charge is 2.07. The molecule has 0 saturated heterocycles. The number of H-pyrrole nitrogens is 1. The van der Waals surface area contributed by atoms with E-state index in [-0.39, 0.29) is 6.04 Å². The van der Waals surface area contributed by atoms with Crippen molar-refractivity contribution in [2.24, 2.45) is 11.5 Å². The van der Waals surface area contributed by atoms with Crippen molar-refractivity contribution in [3.05, 3.63) is 30.0 Å². The fourth-order valence-corrected chi connectivity index (χ4v) is 1.50. The van der Waals surface area contributed by atoms with Gasteiger partial charge in [-0.05, 0) is 24.3 Å². The van der Waals surface area contributed by atoms with Gasteiger partial charge in [-0.2, -0.15) is 0 Å². The summed E-state index contributed by atoms with van der Waals surface area (Å²) in [5, 5.41) is 1.07. The molecule has 1 aromatic heterocycles. The number of nitrogen functional groups attached to an aromatic ring is 1.